The normalized spacial score (nSPS) is 16.2. The van der Waals surface area contributed by atoms with E-state index in [1.807, 2.05) is 6.92 Å². The summed E-state index contributed by atoms with van der Waals surface area (Å²) in [5.74, 6) is 0. The maximum Gasteiger partial charge on any atom is 0.252 e. The number of hydrogen-bond acceptors (Lipinski definition) is 3. The van der Waals surface area contributed by atoms with Gasteiger partial charge in [-0.3, -0.25) is 9.69 Å². The number of aromatic nitrogens is 1. The van der Waals surface area contributed by atoms with Crippen LogP contribution in [0.1, 0.15) is 29.3 Å². The van der Waals surface area contributed by atoms with E-state index in [2.05, 4.69) is 16.8 Å². The second kappa shape index (κ2) is 4.39. The van der Waals surface area contributed by atoms with Gasteiger partial charge in [0.05, 0.1) is 0 Å². The second-order valence-electron chi connectivity index (χ2n) is 4.34. The number of aromatic amines is 1. The number of hydrogen-bond donors (Lipinski definition) is 2. The third kappa shape index (κ3) is 1.79. The molecule has 88 valence electrons. The molecule has 1 aromatic heterocycles. The van der Waals surface area contributed by atoms with E-state index in [0.717, 1.165) is 37.3 Å². The van der Waals surface area contributed by atoms with E-state index in [1.165, 1.54) is 11.1 Å². The molecule has 4 nitrogen and oxygen atoms in total. The highest BCUT2D eigenvalue weighted by atomic mass is 16.1. The van der Waals surface area contributed by atoms with E-state index < -0.39 is 0 Å². The molecule has 1 aliphatic rings. The zero-order valence-electron chi connectivity index (χ0n) is 9.97. The Balaban J connectivity index is 2.52. The molecule has 2 rings (SSSR count). The topological polar surface area (TPSA) is 62.1 Å². The molecule has 4 heteroatoms. The van der Waals surface area contributed by atoms with Gasteiger partial charge in [0, 0.05) is 30.9 Å². The molecule has 0 amide bonds. The molecule has 0 aliphatic carbocycles. The third-order valence-corrected chi connectivity index (χ3v) is 3.47. The van der Waals surface area contributed by atoms with Crippen molar-refractivity contribution in [2.75, 3.05) is 13.1 Å². The van der Waals surface area contributed by atoms with Crippen LogP contribution in [0.4, 0.5) is 0 Å². The zero-order chi connectivity index (χ0) is 11.7. The fourth-order valence-corrected chi connectivity index (χ4v) is 2.44. The average Bonchev–Trinajstić information content (AvgIpc) is 2.29. The smallest absolute Gasteiger partial charge is 0.252 e. The minimum atomic E-state index is -0.0105. The number of aryl methyl sites for hydroxylation is 1. The van der Waals surface area contributed by atoms with Gasteiger partial charge in [-0.25, -0.2) is 0 Å². The number of rotatable bonds is 2. The average molecular weight is 221 g/mol. The van der Waals surface area contributed by atoms with Crippen LogP contribution in [-0.4, -0.2) is 23.0 Å². The second-order valence-corrected chi connectivity index (χ2v) is 4.34. The van der Waals surface area contributed by atoms with Crippen molar-refractivity contribution >= 4 is 0 Å². The molecule has 0 radical (unpaired) electrons. The summed E-state index contributed by atoms with van der Waals surface area (Å²) in [7, 11) is 0. The summed E-state index contributed by atoms with van der Waals surface area (Å²) in [6.07, 6.45) is 0.945. The van der Waals surface area contributed by atoms with Crippen LogP contribution in [0.3, 0.4) is 0 Å². The molecular weight excluding hydrogens is 202 g/mol. The maximum absolute atomic E-state index is 11.7. The molecule has 3 N–H and O–H groups in total. The molecule has 0 fully saturated rings. The molecule has 0 aromatic carbocycles. The summed E-state index contributed by atoms with van der Waals surface area (Å²) in [6.45, 7) is 7.48. The minimum Gasteiger partial charge on any atom is -0.326 e. The van der Waals surface area contributed by atoms with Crippen molar-refractivity contribution in [3.63, 3.8) is 0 Å². The van der Waals surface area contributed by atoms with Crippen molar-refractivity contribution in [3.8, 4) is 0 Å². The van der Waals surface area contributed by atoms with E-state index in [4.69, 9.17) is 5.73 Å². The summed E-state index contributed by atoms with van der Waals surface area (Å²) in [5, 5.41) is 0. The van der Waals surface area contributed by atoms with Crippen LogP contribution in [-0.2, 0) is 19.5 Å². The molecule has 0 saturated carbocycles. The Morgan fingerprint density at radius 3 is 2.81 bits per heavy atom. The van der Waals surface area contributed by atoms with Gasteiger partial charge in [0.1, 0.15) is 0 Å². The number of H-pyrrole nitrogens is 1. The third-order valence-electron chi connectivity index (χ3n) is 3.47. The minimum absolute atomic E-state index is 0.0105. The largest absolute Gasteiger partial charge is 0.326 e. The molecular formula is C12H19N3O. The Bertz CT molecular complexity index is 450. The number of nitrogens with one attached hydrogen (secondary N) is 1. The highest BCUT2D eigenvalue weighted by molar-refractivity contribution is 5.38. The van der Waals surface area contributed by atoms with Gasteiger partial charge >= 0.3 is 0 Å². The van der Waals surface area contributed by atoms with Crippen LogP contribution < -0.4 is 11.3 Å². The quantitative estimate of drug-likeness (QED) is 0.765. The van der Waals surface area contributed by atoms with Crippen LogP contribution in [0.2, 0.25) is 0 Å². The lowest BCUT2D eigenvalue weighted by Crippen LogP contribution is -2.34. The fourth-order valence-electron chi connectivity index (χ4n) is 2.44. The number of nitrogens with zero attached hydrogens (tertiary/aromatic N) is 1. The van der Waals surface area contributed by atoms with Crippen molar-refractivity contribution < 1.29 is 0 Å². The predicted molar refractivity (Wildman–Crippen MR) is 64.3 cm³/mol. The lowest BCUT2D eigenvalue weighted by Gasteiger charge is -2.29. The Labute approximate surface area is 95.5 Å². The number of likely N-dealkylation sites (N-methyl/N-ethyl adjacent to an activating group) is 1. The highest BCUT2D eigenvalue weighted by Gasteiger charge is 2.21. The van der Waals surface area contributed by atoms with Gasteiger partial charge in [-0.1, -0.05) is 6.92 Å². The Morgan fingerprint density at radius 2 is 2.19 bits per heavy atom. The summed E-state index contributed by atoms with van der Waals surface area (Å²) in [5.41, 5.74) is 9.88. The van der Waals surface area contributed by atoms with Gasteiger partial charge in [-0.05, 0) is 31.0 Å². The Hall–Kier alpha value is -1.13. The fraction of sp³-hybridized carbons (Fsp3) is 0.583. The number of fused-ring (bicyclic) bond motifs is 1. The van der Waals surface area contributed by atoms with Crippen molar-refractivity contribution in [1.29, 1.82) is 0 Å². The van der Waals surface area contributed by atoms with Crippen LogP contribution >= 0.6 is 0 Å². The van der Waals surface area contributed by atoms with Gasteiger partial charge in [-0.2, -0.15) is 0 Å². The first-order valence-corrected chi connectivity index (χ1v) is 5.83. The summed E-state index contributed by atoms with van der Waals surface area (Å²) >= 11 is 0. The molecule has 0 atom stereocenters. The summed E-state index contributed by atoms with van der Waals surface area (Å²) in [6, 6.07) is 0. The SMILES string of the molecule is CCN1CCc2c(c(C)[nH]c(=O)c2CN)C1. The monoisotopic (exact) mass is 221 g/mol. The first kappa shape index (κ1) is 11.4. The van der Waals surface area contributed by atoms with Gasteiger partial charge in [0.25, 0.3) is 5.56 Å². The lowest BCUT2D eigenvalue weighted by atomic mass is 9.94. The molecule has 1 aromatic rings. The van der Waals surface area contributed by atoms with E-state index in [1.54, 1.807) is 0 Å². The predicted octanol–water partition coefficient (Wildman–Crippen LogP) is 0.520. The van der Waals surface area contributed by atoms with Crippen LogP contribution in [0.15, 0.2) is 4.79 Å². The van der Waals surface area contributed by atoms with Crippen molar-refractivity contribution in [2.45, 2.75) is 33.4 Å². The first-order valence-electron chi connectivity index (χ1n) is 5.83. The van der Waals surface area contributed by atoms with E-state index in [0.29, 0.717) is 6.54 Å². The van der Waals surface area contributed by atoms with Crippen LogP contribution in [0, 0.1) is 6.92 Å². The number of pyridine rings is 1. The van der Waals surface area contributed by atoms with Crippen molar-refractivity contribution in [2.24, 2.45) is 5.73 Å². The lowest BCUT2D eigenvalue weighted by molar-refractivity contribution is 0.266. The van der Waals surface area contributed by atoms with Gasteiger partial charge in [-0.15, -0.1) is 0 Å². The van der Waals surface area contributed by atoms with Crippen molar-refractivity contribution in [1.82, 2.24) is 9.88 Å². The van der Waals surface area contributed by atoms with Crippen LogP contribution in [0.5, 0.6) is 0 Å². The molecule has 0 unspecified atom stereocenters. The molecule has 2 heterocycles. The van der Waals surface area contributed by atoms with Crippen LogP contribution in [0.25, 0.3) is 0 Å². The summed E-state index contributed by atoms with van der Waals surface area (Å²) in [4.78, 5) is 17.0. The van der Waals surface area contributed by atoms with Gasteiger partial charge in [0.15, 0.2) is 0 Å². The Morgan fingerprint density at radius 1 is 1.44 bits per heavy atom. The molecule has 0 bridgehead atoms. The standard InChI is InChI=1S/C12H19N3O/c1-3-15-5-4-9-10(6-13)12(16)14-8(2)11(9)7-15/h3-7,13H2,1-2H3,(H,14,16). The van der Waals surface area contributed by atoms with Crippen molar-refractivity contribution in [3.05, 3.63) is 32.7 Å². The number of nitrogens with two attached hydrogens (primary N) is 1. The van der Waals surface area contributed by atoms with E-state index >= 15 is 0 Å². The summed E-state index contributed by atoms with van der Waals surface area (Å²) < 4.78 is 0. The van der Waals surface area contributed by atoms with Gasteiger partial charge < -0.3 is 10.7 Å². The first-order chi connectivity index (χ1) is 7.67. The molecule has 16 heavy (non-hydrogen) atoms. The van der Waals surface area contributed by atoms with E-state index in [-0.39, 0.29) is 5.56 Å². The maximum atomic E-state index is 11.7. The Kier molecular flexibility index (Phi) is 3.12. The zero-order valence-corrected chi connectivity index (χ0v) is 9.97. The highest BCUT2D eigenvalue weighted by Crippen LogP contribution is 2.21. The van der Waals surface area contributed by atoms with Gasteiger partial charge in [0.2, 0.25) is 0 Å². The van der Waals surface area contributed by atoms with E-state index in [9.17, 15) is 4.79 Å². The molecule has 0 spiro atoms. The molecule has 1 aliphatic heterocycles. The molecule has 0 saturated heterocycles.